The van der Waals surface area contributed by atoms with E-state index in [0.717, 1.165) is 22.6 Å². The van der Waals surface area contributed by atoms with E-state index in [9.17, 15) is 0 Å². The molecule has 1 heterocycles. The molecule has 0 saturated heterocycles. The predicted octanol–water partition coefficient (Wildman–Crippen LogP) is 3.89. The number of hydrogen-bond acceptors (Lipinski definition) is 3. The molecule has 0 aliphatic rings. The summed E-state index contributed by atoms with van der Waals surface area (Å²) < 4.78 is 5.10. The van der Waals surface area contributed by atoms with E-state index in [1.54, 1.807) is 6.07 Å². The van der Waals surface area contributed by atoms with Crippen LogP contribution in [0.4, 0.5) is 0 Å². The Kier molecular flexibility index (Phi) is 4.27. The highest BCUT2D eigenvalue weighted by Crippen LogP contribution is 2.19. The third-order valence-corrected chi connectivity index (χ3v) is 3.17. The summed E-state index contributed by atoms with van der Waals surface area (Å²) in [7, 11) is 0. The first kappa shape index (κ1) is 13.4. The van der Waals surface area contributed by atoms with Crippen molar-refractivity contribution in [1.29, 1.82) is 0 Å². The van der Waals surface area contributed by atoms with E-state index in [4.69, 9.17) is 27.7 Å². The molecule has 0 fully saturated rings. The lowest BCUT2D eigenvalue weighted by Crippen LogP contribution is -2.13. The molecule has 0 amide bonds. The molecule has 0 bridgehead atoms. The Morgan fingerprint density at radius 2 is 1.78 bits per heavy atom. The van der Waals surface area contributed by atoms with Gasteiger partial charge in [-0.15, -0.1) is 0 Å². The summed E-state index contributed by atoms with van der Waals surface area (Å²) in [5.41, 5.74) is 3.08. The third-order valence-electron chi connectivity index (χ3n) is 2.73. The molecule has 0 aliphatic carbocycles. The summed E-state index contributed by atoms with van der Waals surface area (Å²) >= 11 is 11.9. The Bertz CT molecular complexity index is 512. The summed E-state index contributed by atoms with van der Waals surface area (Å²) in [6.07, 6.45) is 0. The van der Waals surface area contributed by atoms with Crippen LogP contribution in [0.25, 0.3) is 0 Å². The van der Waals surface area contributed by atoms with Crippen molar-refractivity contribution in [2.24, 2.45) is 0 Å². The van der Waals surface area contributed by atoms with Gasteiger partial charge < -0.3 is 9.84 Å². The van der Waals surface area contributed by atoms with Crippen molar-refractivity contribution in [3.05, 3.63) is 50.8 Å². The first-order valence-corrected chi connectivity index (χ1v) is 6.39. The highest BCUT2D eigenvalue weighted by Gasteiger charge is 2.08. The highest BCUT2D eigenvalue weighted by atomic mass is 35.5. The molecule has 18 heavy (non-hydrogen) atoms. The Morgan fingerprint density at radius 1 is 1.11 bits per heavy atom. The Morgan fingerprint density at radius 3 is 2.33 bits per heavy atom. The number of aromatic nitrogens is 1. The van der Waals surface area contributed by atoms with Gasteiger partial charge in [-0.05, 0) is 37.6 Å². The topological polar surface area (TPSA) is 38.1 Å². The second-order valence-corrected chi connectivity index (χ2v) is 5.06. The van der Waals surface area contributed by atoms with Crippen LogP contribution in [0.5, 0.6) is 0 Å². The van der Waals surface area contributed by atoms with Crippen LogP contribution in [0.1, 0.15) is 22.6 Å². The second kappa shape index (κ2) is 5.74. The maximum absolute atomic E-state index is 5.94. The monoisotopic (exact) mass is 284 g/mol. The number of aryl methyl sites for hydroxylation is 2. The van der Waals surface area contributed by atoms with Gasteiger partial charge in [-0.1, -0.05) is 28.4 Å². The Hall–Kier alpha value is -1.03. The van der Waals surface area contributed by atoms with Gasteiger partial charge >= 0.3 is 0 Å². The number of nitrogens with zero attached hydrogens (tertiary/aromatic N) is 1. The molecule has 2 aromatic rings. The van der Waals surface area contributed by atoms with Crippen molar-refractivity contribution in [3.63, 3.8) is 0 Å². The molecule has 1 aromatic carbocycles. The minimum Gasteiger partial charge on any atom is -0.361 e. The Labute approximate surface area is 116 Å². The second-order valence-electron chi connectivity index (χ2n) is 4.18. The van der Waals surface area contributed by atoms with Crippen LogP contribution in [0, 0.1) is 13.8 Å². The highest BCUT2D eigenvalue weighted by molar-refractivity contribution is 6.34. The van der Waals surface area contributed by atoms with Crippen LogP contribution in [0.15, 0.2) is 22.7 Å². The first-order valence-electron chi connectivity index (χ1n) is 5.63. The van der Waals surface area contributed by atoms with Crippen molar-refractivity contribution in [1.82, 2.24) is 10.5 Å². The molecule has 0 aliphatic heterocycles. The lowest BCUT2D eigenvalue weighted by Gasteiger charge is -2.06. The summed E-state index contributed by atoms with van der Waals surface area (Å²) in [5, 5.41) is 8.54. The standard InChI is InChI=1S/C13H14Cl2N2O/c1-8-13(9(2)18-17-8)7-16-6-10-3-11(14)5-12(15)4-10/h3-5,16H,6-7H2,1-2H3. The molecule has 0 spiro atoms. The van der Waals surface area contributed by atoms with Crippen LogP contribution in [-0.4, -0.2) is 5.16 Å². The molecule has 0 saturated carbocycles. The fraction of sp³-hybridized carbons (Fsp3) is 0.308. The minimum absolute atomic E-state index is 0.650. The number of benzene rings is 1. The van der Waals surface area contributed by atoms with E-state index in [1.165, 1.54) is 0 Å². The van der Waals surface area contributed by atoms with Crippen molar-refractivity contribution in [2.75, 3.05) is 0 Å². The van der Waals surface area contributed by atoms with Gasteiger partial charge in [0, 0.05) is 28.7 Å². The molecule has 1 aromatic heterocycles. The number of nitrogens with one attached hydrogen (secondary N) is 1. The van der Waals surface area contributed by atoms with Gasteiger partial charge in [0.1, 0.15) is 5.76 Å². The number of halogens is 2. The van der Waals surface area contributed by atoms with Gasteiger partial charge in [-0.25, -0.2) is 0 Å². The van der Waals surface area contributed by atoms with Gasteiger partial charge in [-0.3, -0.25) is 0 Å². The van der Waals surface area contributed by atoms with Crippen molar-refractivity contribution in [2.45, 2.75) is 26.9 Å². The molecule has 0 atom stereocenters. The molecule has 3 nitrogen and oxygen atoms in total. The van der Waals surface area contributed by atoms with E-state index >= 15 is 0 Å². The molecule has 2 rings (SSSR count). The molecular weight excluding hydrogens is 271 g/mol. The minimum atomic E-state index is 0.650. The first-order chi connectivity index (χ1) is 8.56. The van der Waals surface area contributed by atoms with Crippen molar-refractivity contribution in [3.8, 4) is 0 Å². The van der Waals surface area contributed by atoms with E-state index < -0.39 is 0 Å². The van der Waals surface area contributed by atoms with E-state index in [1.807, 2.05) is 26.0 Å². The zero-order valence-corrected chi connectivity index (χ0v) is 11.8. The van der Waals surface area contributed by atoms with Gasteiger partial charge in [0.05, 0.1) is 5.69 Å². The zero-order valence-electron chi connectivity index (χ0n) is 10.3. The lowest BCUT2D eigenvalue weighted by atomic mass is 10.2. The summed E-state index contributed by atoms with van der Waals surface area (Å²) in [6.45, 7) is 5.26. The number of hydrogen-bond donors (Lipinski definition) is 1. The quantitative estimate of drug-likeness (QED) is 0.926. The Balaban J connectivity index is 1.96. The molecule has 0 radical (unpaired) electrons. The zero-order chi connectivity index (χ0) is 13.1. The van der Waals surface area contributed by atoms with E-state index in [2.05, 4.69) is 10.5 Å². The molecular formula is C13H14Cl2N2O. The van der Waals surface area contributed by atoms with Gasteiger partial charge in [0.15, 0.2) is 0 Å². The summed E-state index contributed by atoms with van der Waals surface area (Å²) in [6, 6.07) is 5.52. The molecule has 96 valence electrons. The SMILES string of the molecule is Cc1noc(C)c1CNCc1cc(Cl)cc(Cl)c1. The van der Waals surface area contributed by atoms with Gasteiger partial charge in [-0.2, -0.15) is 0 Å². The predicted molar refractivity (Wildman–Crippen MR) is 73.0 cm³/mol. The number of rotatable bonds is 4. The molecule has 0 unspecified atom stereocenters. The van der Waals surface area contributed by atoms with E-state index in [-0.39, 0.29) is 0 Å². The third kappa shape index (κ3) is 3.25. The van der Waals surface area contributed by atoms with Crippen LogP contribution in [-0.2, 0) is 13.1 Å². The maximum atomic E-state index is 5.94. The summed E-state index contributed by atoms with van der Waals surface area (Å²) in [5.74, 6) is 0.851. The molecule has 5 heteroatoms. The van der Waals surface area contributed by atoms with E-state index in [0.29, 0.717) is 23.1 Å². The van der Waals surface area contributed by atoms with Crippen LogP contribution in [0.3, 0.4) is 0 Å². The average Bonchev–Trinajstić information content (AvgIpc) is 2.59. The van der Waals surface area contributed by atoms with Gasteiger partial charge in [0.2, 0.25) is 0 Å². The fourth-order valence-electron chi connectivity index (χ4n) is 1.80. The average molecular weight is 285 g/mol. The molecule has 1 N–H and O–H groups in total. The normalized spacial score (nSPS) is 10.9. The van der Waals surface area contributed by atoms with Crippen LogP contribution >= 0.6 is 23.2 Å². The smallest absolute Gasteiger partial charge is 0.138 e. The summed E-state index contributed by atoms with van der Waals surface area (Å²) in [4.78, 5) is 0. The van der Waals surface area contributed by atoms with Crippen LogP contribution in [0.2, 0.25) is 10.0 Å². The maximum Gasteiger partial charge on any atom is 0.138 e. The lowest BCUT2D eigenvalue weighted by molar-refractivity contribution is 0.392. The van der Waals surface area contributed by atoms with Crippen LogP contribution < -0.4 is 5.32 Å². The fourth-order valence-corrected chi connectivity index (χ4v) is 2.37. The van der Waals surface area contributed by atoms with Crippen molar-refractivity contribution < 1.29 is 4.52 Å². The van der Waals surface area contributed by atoms with Crippen molar-refractivity contribution >= 4 is 23.2 Å². The van der Waals surface area contributed by atoms with Gasteiger partial charge in [0.25, 0.3) is 0 Å². The largest absolute Gasteiger partial charge is 0.361 e.